The van der Waals surface area contributed by atoms with E-state index in [-0.39, 0.29) is 4.90 Å². The minimum Gasteiger partial charge on any atom is -0.239 e. The highest BCUT2D eigenvalue weighted by Crippen LogP contribution is 2.45. The highest BCUT2D eigenvalue weighted by Gasteiger charge is 2.38. The van der Waals surface area contributed by atoms with Crippen molar-refractivity contribution >= 4 is 19.7 Å². The van der Waals surface area contributed by atoms with Crippen LogP contribution >= 0.6 is 10.7 Å². The average molecular weight is 249 g/mol. The summed E-state index contributed by atoms with van der Waals surface area (Å²) in [6.45, 7) is 0. The van der Waals surface area contributed by atoms with E-state index in [2.05, 4.69) is 0 Å². The fourth-order valence-electron chi connectivity index (χ4n) is 1.69. The van der Waals surface area contributed by atoms with Crippen molar-refractivity contribution in [2.75, 3.05) is 0 Å². The maximum Gasteiger partial charge on any atom is 0.261 e. The zero-order chi connectivity index (χ0) is 11.1. The average Bonchev–Trinajstić information content (AvgIpc) is 2.13. The minimum absolute atomic E-state index is 0.0100. The molecule has 0 amide bonds. The Kier molecular flexibility index (Phi) is 2.51. The van der Waals surface area contributed by atoms with Crippen LogP contribution in [0.2, 0.25) is 0 Å². The lowest BCUT2D eigenvalue weighted by molar-refractivity contribution is 0.0608. The van der Waals surface area contributed by atoms with Gasteiger partial charge in [-0.2, -0.15) is 0 Å². The number of hydrogen-bond donors (Lipinski definition) is 0. The van der Waals surface area contributed by atoms with Crippen LogP contribution in [0.25, 0.3) is 0 Å². The summed E-state index contributed by atoms with van der Waals surface area (Å²) in [5.74, 6) is 0. The number of rotatable bonds is 2. The molecule has 2 rings (SSSR count). The first-order chi connectivity index (χ1) is 6.92. The summed E-state index contributed by atoms with van der Waals surface area (Å²) in [5, 5.41) is 0. The Balaban J connectivity index is 2.32. The fourth-order valence-corrected chi connectivity index (χ4v) is 2.46. The molecule has 0 heterocycles. The zero-order valence-electron chi connectivity index (χ0n) is 7.91. The van der Waals surface area contributed by atoms with Crippen molar-refractivity contribution in [3.8, 4) is 0 Å². The first kappa shape index (κ1) is 10.9. The van der Waals surface area contributed by atoms with Crippen LogP contribution in [0.5, 0.6) is 0 Å². The summed E-state index contributed by atoms with van der Waals surface area (Å²) in [6, 6.07) is 5.68. The van der Waals surface area contributed by atoms with Gasteiger partial charge in [-0.1, -0.05) is 12.1 Å². The van der Waals surface area contributed by atoms with Gasteiger partial charge < -0.3 is 0 Å². The van der Waals surface area contributed by atoms with E-state index in [0.29, 0.717) is 18.4 Å². The van der Waals surface area contributed by atoms with Gasteiger partial charge in [-0.15, -0.1) is 0 Å². The van der Waals surface area contributed by atoms with Crippen molar-refractivity contribution in [3.05, 3.63) is 29.8 Å². The quantitative estimate of drug-likeness (QED) is 0.754. The van der Waals surface area contributed by atoms with E-state index in [1.54, 1.807) is 0 Å². The molecular formula is C10H10ClFO2S. The van der Waals surface area contributed by atoms with Crippen LogP contribution in [0.15, 0.2) is 29.2 Å². The van der Waals surface area contributed by atoms with E-state index in [1.807, 2.05) is 0 Å². The van der Waals surface area contributed by atoms with Crippen LogP contribution in [-0.2, 0) is 14.7 Å². The second-order valence-electron chi connectivity index (χ2n) is 3.78. The summed E-state index contributed by atoms with van der Waals surface area (Å²) < 4.78 is 35.8. The van der Waals surface area contributed by atoms with Crippen molar-refractivity contribution in [3.63, 3.8) is 0 Å². The van der Waals surface area contributed by atoms with E-state index in [1.165, 1.54) is 24.3 Å². The van der Waals surface area contributed by atoms with Gasteiger partial charge in [0.1, 0.15) is 5.67 Å². The Morgan fingerprint density at radius 2 is 1.73 bits per heavy atom. The van der Waals surface area contributed by atoms with Crippen molar-refractivity contribution in [1.82, 2.24) is 0 Å². The molecule has 1 fully saturated rings. The van der Waals surface area contributed by atoms with Gasteiger partial charge in [-0.25, -0.2) is 12.8 Å². The topological polar surface area (TPSA) is 34.1 Å². The second-order valence-corrected chi connectivity index (χ2v) is 6.35. The number of benzene rings is 1. The van der Waals surface area contributed by atoms with E-state index in [4.69, 9.17) is 10.7 Å². The molecule has 1 aromatic rings. The predicted molar refractivity (Wildman–Crippen MR) is 56.1 cm³/mol. The standard InChI is InChI=1S/C10H10ClFO2S/c11-15(13,14)9-4-2-8(3-5-9)10(12)6-1-7-10/h2-5H,1,6-7H2. The van der Waals surface area contributed by atoms with Gasteiger partial charge in [0.15, 0.2) is 0 Å². The Bertz CT molecular complexity index is 463. The molecule has 1 aromatic carbocycles. The molecule has 0 spiro atoms. The van der Waals surface area contributed by atoms with E-state index in [9.17, 15) is 12.8 Å². The summed E-state index contributed by atoms with van der Waals surface area (Å²) >= 11 is 0. The summed E-state index contributed by atoms with van der Waals surface area (Å²) in [6.07, 6.45) is 1.91. The van der Waals surface area contributed by atoms with Crippen molar-refractivity contribution in [1.29, 1.82) is 0 Å². The molecule has 0 aromatic heterocycles. The molecule has 0 N–H and O–H groups in total. The zero-order valence-corrected chi connectivity index (χ0v) is 9.48. The molecule has 0 atom stereocenters. The third-order valence-corrected chi connectivity index (χ3v) is 4.17. The molecule has 82 valence electrons. The smallest absolute Gasteiger partial charge is 0.239 e. The van der Waals surface area contributed by atoms with Crippen LogP contribution in [0.4, 0.5) is 4.39 Å². The Labute approximate surface area is 92.5 Å². The van der Waals surface area contributed by atoms with Crippen molar-refractivity contribution in [2.24, 2.45) is 0 Å². The molecule has 0 radical (unpaired) electrons. The van der Waals surface area contributed by atoms with Gasteiger partial charge >= 0.3 is 0 Å². The summed E-state index contributed by atoms with van der Waals surface area (Å²) in [4.78, 5) is 0.0100. The monoisotopic (exact) mass is 248 g/mol. The van der Waals surface area contributed by atoms with Gasteiger partial charge in [0.05, 0.1) is 4.90 Å². The molecule has 15 heavy (non-hydrogen) atoms. The van der Waals surface area contributed by atoms with Gasteiger partial charge in [-0.05, 0) is 37.0 Å². The minimum atomic E-state index is -3.70. The first-order valence-electron chi connectivity index (χ1n) is 4.66. The predicted octanol–water partition coefficient (Wildman–Crippen LogP) is 2.96. The lowest BCUT2D eigenvalue weighted by Gasteiger charge is -2.34. The molecule has 2 nitrogen and oxygen atoms in total. The lowest BCUT2D eigenvalue weighted by Crippen LogP contribution is -2.28. The second kappa shape index (κ2) is 3.46. The maximum atomic E-state index is 13.9. The van der Waals surface area contributed by atoms with Gasteiger partial charge in [0, 0.05) is 10.7 Å². The molecule has 0 unspecified atom stereocenters. The van der Waals surface area contributed by atoms with E-state index in [0.717, 1.165) is 6.42 Å². The molecule has 0 aliphatic heterocycles. The van der Waals surface area contributed by atoms with Crippen LogP contribution in [-0.4, -0.2) is 8.42 Å². The van der Waals surface area contributed by atoms with E-state index >= 15 is 0 Å². The third-order valence-electron chi connectivity index (χ3n) is 2.80. The number of alkyl halides is 1. The summed E-state index contributed by atoms with van der Waals surface area (Å²) in [5.41, 5.74) is -0.716. The highest BCUT2D eigenvalue weighted by atomic mass is 35.7. The van der Waals surface area contributed by atoms with Crippen molar-refractivity contribution < 1.29 is 12.8 Å². The first-order valence-corrected chi connectivity index (χ1v) is 6.97. The van der Waals surface area contributed by atoms with Crippen LogP contribution in [0, 0.1) is 0 Å². The maximum absolute atomic E-state index is 13.9. The highest BCUT2D eigenvalue weighted by molar-refractivity contribution is 8.13. The molecule has 1 aliphatic rings. The van der Waals surface area contributed by atoms with Gasteiger partial charge in [0.25, 0.3) is 9.05 Å². The molecule has 1 saturated carbocycles. The Morgan fingerprint density at radius 3 is 2.07 bits per heavy atom. The van der Waals surface area contributed by atoms with Crippen LogP contribution in [0.3, 0.4) is 0 Å². The number of hydrogen-bond acceptors (Lipinski definition) is 2. The largest absolute Gasteiger partial charge is 0.261 e. The van der Waals surface area contributed by atoms with Crippen LogP contribution < -0.4 is 0 Å². The molecule has 0 saturated heterocycles. The Hall–Kier alpha value is -0.610. The van der Waals surface area contributed by atoms with Gasteiger partial charge in [-0.3, -0.25) is 0 Å². The van der Waals surface area contributed by atoms with Crippen molar-refractivity contribution in [2.45, 2.75) is 29.8 Å². The fraction of sp³-hybridized carbons (Fsp3) is 0.400. The SMILES string of the molecule is O=S(=O)(Cl)c1ccc(C2(F)CCC2)cc1. The number of halogens is 2. The Morgan fingerprint density at radius 1 is 1.20 bits per heavy atom. The van der Waals surface area contributed by atoms with E-state index < -0.39 is 14.7 Å². The summed E-state index contributed by atoms with van der Waals surface area (Å²) in [7, 11) is 1.45. The lowest BCUT2D eigenvalue weighted by atomic mass is 9.77. The normalized spacial score (nSPS) is 19.6. The third kappa shape index (κ3) is 2.01. The van der Waals surface area contributed by atoms with Crippen LogP contribution in [0.1, 0.15) is 24.8 Å². The molecule has 1 aliphatic carbocycles. The molecule has 0 bridgehead atoms. The molecular weight excluding hydrogens is 239 g/mol. The van der Waals surface area contributed by atoms with Gasteiger partial charge in [0.2, 0.25) is 0 Å². The molecule has 5 heteroatoms.